The number of H-pyrrole nitrogens is 1. The molecule has 298 valence electrons. The summed E-state index contributed by atoms with van der Waals surface area (Å²) in [4.78, 5) is 130. The van der Waals surface area contributed by atoms with Crippen molar-refractivity contribution in [3.63, 3.8) is 0 Å². The first-order valence-corrected chi connectivity index (χ1v) is 16.9. The molecule has 0 saturated carbocycles. The number of amides is 6. The Hall–Kier alpha value is -5.87. The zero-order valence-electron chi connectivity index (χ0n) is 30.3. The number of rotatable bonds is 26. The van der Waals surface area contributed by atoms with E-state index < -0.39 is 116 Å². The van der Waals surface area contributed by atoms with Crippen molar-refractivity contribution in [2.24, 2.45) is 5.73 Å². The molecule has 1 heterocycles. The Morgan fingerprint density at radius 3 is 1.91 bits per heavy atom. The molecule has 1 aromatic rings. The van der Waals surface area contributed by atoms with Crippen LogP contribution in [0.15, 0.2) is 12.5 Å². The van der Waals surface area contributed by atoms with E-state index in [0.717, 1.165) is 4.90 Å². The van der Waals surface area contributed by atoms with Crippen LogP contribution in [0.3, 0.4) is 0 Å². The maximum absolute atomic E-state index is 13.1. The molecule has 11 N–H and O–H groups in total. The number of aromatic amines is 1. The number of imidazole rings is 1. The van der Waals surface area contributed by atoms with Crippen molar-refractivity contribution in [3.05, 3.63) is 18.2 Å². The summed E-state index contributed by atoms with van der Waals surface area (Å²) in [6.07, 6.45) is 0.0977. The van der Waals surface area contributed by atoms with Crippen LogP contribution in [0.1, 0.15) is 64.5 Å². The first-order chi connectivity index (χ1) is 25.2. The van der Waals surface area contributed by atoms with Crippen molar-refractivity contribution in [3.8, 4) is 0 Å². The number of aliphatic carboxylic acids is 3. The second kappa shape index (κ2) is 22.9. The average molecular weight is 766 g/mol. The van der Waals surface area contributed by atoms with Gasteiger partial charge in [-0.1, -0.05) is 0 Å². The summed E-state index contributed by atoms with van der Waals surface area (Å²) in [7, 11) is 1.28. The number of nitrogens with one attached hydrogen (secondary N) is 6. The summed E-state index contributed by atoms with van der Waals surface area (Å²) in [6.45, 7) is 1.17. The van der Waals surface area contributed by atoms with Crippen molar-refractivity contribution in [2.45, 2.75) is 88.9 Å². The number of nitrogens with two attached hydrogens (primary N) is 1. The number of hydrogen-bond donors (Lipinski definition) is 10. The van der Waals surface area contributed by atoms with Crippen LogP contribution in [0.2, 0.25) is 0 Å². The average Bonchev–Trinajstić information content (AvgIpc) is 3.59. The smallest absolute Gasteiger partial charge is 0.303 e. The highest BCUT2D eigenvalue weighted by atomic mass is 16.4. The van der Waals surface area contributed by atoms with Crippen molar-refractivity contribution in [1.82, 2.24) is 41.5 Å². The lowest BCUT2D eigenvalue weighted by molar-refractivity contribution is -0.139. The molecular weight excluding hydrogens is 717 g/mol. The van der Waals surface area contributed by atoms with E-state index in [2.05, 4.69) is 36.6 Å². The number of aromatic nitrogens is 2. The minimum absolute atomic E-state index is 0.0656. The van der Waals surface area contributed by atoms with Gasteiger partial charge in [-0.05, 0) is 33.1 Å². The van der Waals surface area contributed by atoms with Crippen LogP contribution in [0, 0.1) is 0 Å². The van der Waals surface area contributed by atoms with Crippen molar-refractivity contribution >= 4 is 66.9 Å². The lowest BCUT2D eigenvalue weighted by Crippen LogP contribution is -2.58. The van der Waals surface area contributed by atoms with E-state index in [1.54, 1.807) is 0 Å². The number of hydrogen-bond acceptors (Lipinski definition) is 12. The molecule has 0 fully saturated rings. The zero-order valence-corrected chi connectivity index (χ0v) is 30.3. The van der Waals surface area contributed by atoms with Crippen molar-refractivity contribution < 1.29 is 63.3 Å². The molecule has 0 saturated heterocycles. The largest absolute Gasteiger partial charge is 0.481 e. The predicted molar refractivity (Wildman–Crippen MR) is 188 cm³/mol. The molecule has 0 aliphatic rings. The molecule has 0 aromatic carbocycles. The Balaban J connectivity index is 3.03. The summed E-state index contributed by atoms with van der Waals surface area (Å²) in [6, 6.07) is -4.20. The van der Waals surface area contributed by atoms with Crippen LogP contribution in [0.4, 0.5) is 0 Å². The van der Waals surface area contributed by atoms with Gasteiger partial charge in [0.25, 0.3) is 0 Å². The maximum atomic E-state index is 13.1. The highest BCUT2D eigenvalue weighted by molar-refractivity contribution is 6.60. The predicted octanol–water partition coefficient (Wildman–Crippen LogP) is -4.65. The summed E-state index contributed by atoms with van der Waals surface area (Å²) >= 11 is 0. The summed E-state index contributed by atoms with van der Waals surface area (Å²) in [5.74, 6) is -8.67. The fourth-order valence-electron chi connectivity index (χ4n) is 4.59. The van der Waals surface area contributed by atoms with Gasteiger partial charge in [-0.15, -0.1) is 0 Å². The van der Waals surface area contributed by atoms with Gasteiger partial charge in [0.15, 0.2) is 7.85 Å². The van der Waals surface area contributed by atoms with E-state index in [1.807, 2.05) is 0 Å². The van der Waals surface area contributed by atoms with Gasteiger partial charge in [0.2, 0.25) is 35.4 Å². The quantitative estimate of drug-likeness (QED) is 0.0397. The second-order valence-corrected chi connectivity index (χ2v) is 12.7. The first-order valence-electron chi connectivity index (χ1n) is 16.9. The van der Waals surface area contributed by atoms with Gasteiger partial charge in [0, 0.05) is 51.4 Å². The van der Waals surface area contributed by atoms with Crippen LogP contribution in [-0.4, -0.2) is 147 Å². The molecule has 54 heavy (non-hydrogen) atoms. The molecule has 0 bridgehead atoms. The van der Waals surface area contributed by atoms with E-state index in [9.17, 15) is 53.1 Å². The third kappa shape index (κ3) is 18.1. The zero-order chi connectivity index (χ0) is 41.0. The van der Waals surface area contributed by atoms with Crippen molar-refractivity contribution in [1.29, 1.82) is 0 Å². The van der Waals surface area contributed by atoms with E-state index in [-0.39, 0.29) is 44.5 Å². The summed E-state index contributed by atoms with van der Waals surface area (Å²) in [5.41, 5.74) is 4.32. The fourth-order valence-corrected chi connectivity index (χ4v) is 4.59. The molecule has 22 nitrogen and oxygen atoms in total. The molecule has 3 atom stereocenters. The molecule has 0 aliphatic heterocycles. The summed E-state index contributed by atoms with van der Waals surface area (Å²) in [5, 5.41) is 39.2. The number of nitrogens with zero attached hydrogens (tertiary/aromatic N) is 2. The topological polar surface area (TPSA) is 349 Å². The maximum Gasteiger partial charge on any atom is 0.303 e. The number of carbonyl (C=O) groups excluding carboxylic acids is 7. The summed E-state index contributed by atoms with van der Waals surface area (Å²) < 4.78 is 0. The molecule has 0 radical (unpaired) electrons. The van der Waals surface area contributed by atoms with Crippen LogP contribution >= 0.6 is 0 Å². The Labute approximate surface area is 310 Å². The van der Waals surface area contributed by atoms with Gasteiger partial charge in [0.1, 0.15) is 23.8 Å². The van der Waals surface area contributed by atoms with Crippen LogP contribution in [0.5, 0.6) is 0 Å². The fraction of sp³-hybridized carbons (Fsp3) is 0.581. The molecule has 23 heteroatoms. The Bertz CT molecular complexity index is 1520. The standard InChI is InChI=1S/C31H48BN9O13/c1-31(2,30(32)54)40-29(53)20(12-17-14-34-16-36-17)38-22(43)15-41(23(44)13-33)11-10-35-27(51)18(6-8-25(47)48)39-28(52)19(7-9-26(49)50)37-21(42)4-3-5-24(45)46/h14,16,18-20H,3-13,15,32-33H2,1-2H3,(H,34,36)(H,35,51)(H,37,42)(H,38,43)(H,39,52)(H,40,53)(H,45,46)(H,47,48)(H,49,50)/t18-,19-,20-/m0/s1. The molecule has 6 amide bonds. The normalized spacial score (nSPS) is 12.6. The molecule has 0 spiro atoms. The minimum atomic E-state index is -1.51. The van der Waals surface area contributed by atoms with Gasteiger partial charge in [-0.3, -0.25) is 43.2 Å². The minimum Gasteiger partial charge on any atom is -0.481 e. The molecule has 0 aliphatic carbocycles. The lowest BCUT2D eigenvalue weighted by Gasteiger charge is -2.28. The number of carboxylic acid groups (broad SMARTS) is 3. The monoisotopic (exact) mass is 765 g/mol. The Morgan fingerprint density at radius 1 is 0.815 bits per heavy atom. The van der Waals surface area contributed by atoms with E-state index in [0.29, 0.717) is 5.69 Å². The highest BCUT2D eigenvalue weighted by Gasteiger charge is 2.32. The number of carbonyl (C=O) groups is 10. The third-order valence-corrected chi connectivity index (χ3v) is 7.85. The molecule has 1 aromatic heterocycles. The van der Waals surface area contributed by atoms with Gasteiger partial charge < -0.3 is 62.3 Å². The van der Waals surface area contributed by atoms with Gasteiger partial charge in [0.05, 0.1) is 30.6 Å². The van der Waals surface area contributed by atoms with E-state index in [1.165, 1.54) is 34.2 Å². The van der Waals surface area contributed by atoms with Crippen LogP contribution < -0.4 is 32.3 Å². The number of carboxylic acids is 3. The molecule has 1 rings (SSSR count). The van der Waals surface area contributed by atoms with Gasteiger partial charge in [-0.25, -0.2) is 4.98 Å². The van der Waals surface area contributed by atoms with Crippen LogP contribution in [0.25, 0.3) is 0 Å². The Kier molecular flexibility index (Phi) is 19.6. The molecule has 0 unspecified atom stereocenters. The first kappa shape index (κ1) is 46.2. The van der Waals surface area contributed by atoms with Gasteiger partial charge >= 0.3 is 17.9 Å². The van der Waals surface area contributed by atoms with E-state index >= 15 is 0 Å². The van der Waals surface area contributed by atoms with Gasteiger partial charge in [-0.2, -0.15) is 0 Å². The van der Waals surface area contributed by atoms with Crippen molar-refractivity contribution in [2.75, 3.05) is 26.2 Å². The third-order valence-electron chi connectivity index (χ3n) is 7.85. The second-order valence-electron chi connectivity index (χ2n) is 12.7. The van der Waals surface area contributed by atoms with Crippen LogP contribution in [-0.2, 0) is 54.4 Å². The lowest BCUT2D eigenvalue weighted by atomic mass is 9.84. The van der Waals surface area contributed by atoms with E-state index in [4.69, 9.17) is 15.9 Å². The highest BCUT2D eigenvalue weighted by Crippen LogP contribution is 2.07. The Morgan fingerprint density at radius 2 is 1.39 bits per heavy atom. The molecular formula is C31H48BN9O13. The SMILES string of the molecule is BC(=O)C(C)(C)NC(=O)[C@H](Cc1c[nH]cn1)NC(=O)CN(CCNC(=O)[C@H](CCC(=O)O)NC(=O)[C@H](CCC(=O)O)NC(=O)CCCC(=O)O)C(=O)CN.